The predicted octanol–water partition coefficient (Wildman–Crippen LogP) is 11.2. The van der Waals surface area contributed by atoms with Crippen molar-refractivity contribution in [2.45, 2.75) is 12.8 Å². The SMILES string of the molecule is BrC1=CCCc2c1c1ccccc1n2-c1ccc2c(c1)sc1cc(N(c3ccccc3)c3ccccc3)ccc12. The maximum Gasteiger partial charge on any atom is 0.0538 e. The highest BCUT2D eigenvalue weighted by Crippen LogP contribution is 2.43. The van der Waals surface area contributed by atoms with Crippen LogP contribution >= 0.6 is 27.3 Å². The van der Waals surface area contributed by atoms with E-state index in [0.29, 0.717) is 0 Å². The average Bonchev–Trinajstić information content (AvgIpc) is 3.54. The summed E-state index contributed by atoms with van der Waals surface area (Å²) < 4.78 is 6.29. The third-order valence-electron chi connectivity index (χ3n) is 7.90. The summed E-state index contributed by atoms with van der Waals surface area (Å²) in [4.78, 5) is 2.33. The first kappa shape index (κ1) is 23.7. The van der Waals surface area contributed by atoms with Crippen molar-refractivity contribution in [2.24, 2.45) is 0 Å². The molecule has 0 fully saturated rings. The summed E-state index contributed by atoms with van der Waals surface area (Å²) in [5.74, 6) is 0. The van der Waals surface area contributed by atoms with Gasteiger partial charge in [0.2, 0.25) is 0 Å². The topological polar surface area (TPSA) is 8.17 Å². The molecule has 0 radical (unpaired) electrons. The number of nitrogens with zero attached hydrogens (tertiary/aromatic N) is 2. The van der Waals surface area contributed by atoms with Crippen LogP contribution in [0.4, 0.5) is 17.1 Å². The summed E-state index contributed by atoms with van der Waals surface area (Å²) in [6.07, 6.45) is 4.40. The highest BCUT2D eigenvalue weighted by Gasteiger charge is 2.22. The van der Waals surface area contributed by atoms with Gasteiger partial charge in [-0.05, 0) is 67.4 Å². The molecule has 8 rings (SSSR count). The van der Waals surface area contributed by atoms with E-state index in [2.05, 4.69) is 153 Å². The Morgan fingerprint density at radius 3 is 2.02 bits per heavy atom. The van der Waals surface area contributed by atoms with Gasteiger partial charge in [0, 0.05) is 64.0 Å². The Bertz CT molecular complexity index is 2030. The number of hydrogen-bond acceptors (Lipinski definition) is 2. The van der Waals surface area contributed by atoms with Crippen LogP contribution in [0.5, 0.6) is 0 Å². The minimum Gasteiger partial charge on any atom is -0.313 e. The Balaban J connectivity index is 1.29. The number of thiophene rings is 1. The second-order valence-corrected chi connectivity index (χ2v) is 12.2. The quantitative estimate of drug-likeness (QED) is 0.196. The van der Waals surface area contributed by atoms with Crippen LogP contribution in [0.3, 0.4) is 0 Å². The molecule has 0 amide bonds. The lowest BCUT2D eigenvalue weighted by molar-refractivity contribution is 0.888. The maximum absolute atomic E-state index is 3.85. The molecule has 7 aromatic rings. The van der Waals surface area contributed by atoms with E-state index in [4.69, 9.17) is 0 Å². The lowest BCUT2D eigenvalue weighted by Gasteiger charge is -2.25. The van der Waals surface area contributed by atoms with Crippen LogP contribution in [0.1, 0.15) is 17.7 Å². The molecule has 2 heterocycles. The molecule has 0 spiro atoms. The van der Waals surface area contributed by atoms with E-state index in [1.54, 1.807) is 0 Å². The van der Waals surface area contributed by atoms with E-state index < -0.39 is 0 Å². The van der Waals surface area contributed by atoms with Gasteiger partial charge in [0.1, 0.15) is 0 Å². The molecule has 1 aliphatic rings. The number of para-hydroxylation sites is 3. The molecule has 0 atom stereocenters. The molecule has 0 aliphatic heterocycles. The zero-order chi connectivity index (χ0) is 26.6. The molecular formula is C36H25BrN2S. The van der Waals surface area contributed by atoms with Gasteiger partial charge < -0.3 is 9.47 Å². The van der Waals surface area contributed by atoms with Gasteiger partial charge in [-0.2, -0.15) is 0 Å². The number of benzene rings is 5. The summed E-state index contributed by atoms with van der Waals surface area (Å²) in [5, 5.41) is 3.93. The molecule has 0 bridgehead atoms. The van der Waals surface area contributed by atoms with E-state index in [9.17, 15) is 0 Å². The van der Waals surface area contributed by atoms with Gasteiger partial charge >= 0.3 is 0 Å². The maximum atomic E-state index is 3.85. The van der Waals surface area contributed by atoms with Crippen molar-refractivity contribution >= 4 is 79.9 Å². The zero-order valence-corrected chi connectivity index (χ0v) is 24.1. The zero-order valence-electron chi connectivity index (χ0n) is 21.7. The van der Waals surface area contributed by atoms with Crippen LogP contribution in [0.25, 0.3) is 41.2 Å². The standard InChI is InChI=1S/C36H25BrN2S/c37-31-15-9-17-33-36(31)30-14-7-8-16-32(30)39(33)27-19-21-29-28-20-18-26(22-34(28)40-35(29)23-27)38(24-10-3-1-4-11-24)25-12-5-2-6-13-25/h1-8,10-16,18-23H,9,17H2. The van der Waals surface area contributed by atoms with Crippen LogP contribution in [0.15, 0.2) is 127 Å². The number of aromatic nitrogens is 1. The van der Waals surface area contributed by atoms with Crippen molar-refractivity contribution in [3.63, 3.8) is 0 Å². The Morgan fingerprint density at radius 2 is 1.27 bits per heavy atom. The van der Waals surface area contributed by atoms with E-state index in [0.717, 1.165) is 24.2 Å². The second kappa shape index (κ2) is 9.51. The molecule has 4 heteroatoms. The number of hydrogen-bond donors (Lipinski definition) is 0. The van der Waals surface area contributed by atoms with Crippen LogP contribution < -0.4 is 4.90 Å². The van der Waals surface area contributed by atoms with E-state index in [-0.39, 0.29) is 0 Å². The number of rotatable bonds is 4. The van der Waals surface area contributed by atoms with Gasteiger partial charge in [-0.25, -0.2) is 0 Å². The first-order chi connectivity index (χ1) is 19.8. The van der Waals surface area contributed by atoms with Crippen molar-refractivity contribution in [1.82, 2.24) is 4.57 Å². The van der Waals surface area contributed by atoms with Crippen molar-refractivity contribution < 1.29 is 0 Å². The molecular weight excluding hydrogens is 572 g/mol. The van der Waals surface area contributed by atoms with Crippen molar-refractivity contribution in [2.75, 3.05) is 4.90 Å². The fourth-order valence-corrected chi connectivity index (χ4v) is 8.01. The molecule has 0 N–H and O–H groups in total. The second-order valence-electron chi connectivity index (χ2n) is 10.2. The van der Waals surface area contributed by atoms with E-state index in [1.165, 1.54) is 58.2 Å². The number of fused-ring (bicyclic) bond motifs is 6. The molecule has 2 nitrogen and oxygen atoms in total. The van der Waals surface area contributed by atoms with Gasteiger partial charge in [-0.1, -0.05) is 88.7 Å². The highest BCUT2D eigenvalue weighted by atomic mass is 79.9. The van der Waals surface area contributed by atoms with E-state index >= 15 is 0 Å². The predicted molar refractivity (Wildman–Crippen MR) is 176 cm³/mol. The van der Waals surface area contributed by atoms with Crippen LogP contribution in [-0.2, 0) is 6.42 Å². The van der Waals surface area contributed by atoms with Gasteiger partial charge in [0.15, 0.2) is 0 Å². The largest absolute Gasteiger partial charge is 0.313 e. The first-order valence-electron chi connectivity index (χ1n) is 13.6. The third-order valence-corrected chi connectivity index (χ3v) is 9.74. The van der Waals surface area contributed by atoms with Crippen LogP contribution in [0.2, 0.25) is 0 Å². The molecule has 1 aliphatic carbocycles. The third kappa shape index (κ3) is 3.75. The average molecular weight is 598 g/mol. The molecule has 192 valence electrons. The van der Waals surface area contributed by atoms with Gasteiger partial charge in [-0.3, -0.25) is 0 Å². The van der Waals surface area contributed by atoms with E-state index in [1.807, 2.05) is 11.3 Å². The number of halogens is 1. The smallest absolute Gasteiger partial charge is 0.0538 e. The van der Waals surface area contributed by atoms with Crippen LogP contribution in [-0.4, -0.2) is 4.57 Å². The van der Waals surface area contributed by atoms with Gasteiger partial charge in [0.05, 0.1) is 5.52 Å². The Kier molecular flexibility index (Phi) is 5.65. The molecule has 5 aromatic carbocycles. The summed E-state index contributed by atoms with van der Waals surface area (Å²) in [6, 6.07) is 43.9. The van der Waals surface area contributed by atoms with Gasteiger partial charge in [0.25, 0.3) is 0 Å². The summed E-state index contributed by atoms with van der Waals surface area (Å²) in [5.41, 5.74) is 8.70. The fourth-order valence-electron chi connectivity index (χ4n) is 6.16. The van der Waals surface area contributed by atoms with Crippen molar-refractivity contribution in [3.05, 3.63) is 139 Å². The molecule has 40 heavy (non-hydrogen) atoms. The summed E-state index contributed by atoms with van der Waals surface area (Å²) in [7, 11) is 0. The Morgan fingerprint density at radius 1 is 0.625 bits per heavy atom. The van der Waals surface area contributed by atoms with Crippen molar-refractivity contribution in [3.8, 4) is 5.69 Å². The lowest BCUT2D eigenvalue weighted by Crippen LogP contribution is -2.09. The Hall–Kier alpha value is -4.12. The minimum absolute atomic E-state index is 1.04. The number of anilines is 3. The molecule has 0 unspecified atom stereocenters. The molecule has 0 saturated heterocycles. The van der Waals surface area contributed by atoms with Crippen LogP contribution in [0, 0.1) is 0 Å². The Labute approximate surface area is 245 Å². The number of allylic oxidation sites excluding steroid dienone is 1. The first-order valence-corrected chi connectivity index (χ1v) is 15.2. The van der Waals surface area contributed by atoms with Gasteiger partial charge in [-0.15, -0.1) is 11.3 Å². The summed E-state index contributed by atoms with van der Waals surface area (Å²) in [6.45, 7) is 0. The highest BCUT2D eigenvalue weighted by molar-refractivity contribution is 9.15. The van der Waals surface area contributed by atoms with Crippen molar-refractivity contribution in [1.29, 1.82) is 0 Å². The minimum atomic E-state index is 1.04. The lowest BCUT2D eigenvalue weighted by atomic mass is 10.0. The summed E-state index contributed by atoms with van der Waals surface area (Å²) >= 11 is 5.73. The molecule has 2 aromatic heterocycles. The monoisotopic (exact) mass is 596 g/mol. The molecule has 0 saturated carbocycles. The fraction of sp³-hybridized carbons (Fsp3) is 0.0556. The normalized spacial score (nSPS) is 13.1.